The minimum absolute atomic E-state index is 0.0905. The summed E-state index contributed by atoms with van der Waals surface area (Å²) in [5.41, 5.74) is 2.63. The molecule has 94 valence electrons. The van der Waals surface area contributed by atoms with Crippen molar-refractivity contribution in [2.75, 3.05) is 6.54 Å². The van der Waals surface area contributed by atoms with Crippen LogP contribution in [0.5, 0.6) is 0 Å². The largest absolute Gasteiger partial charge is 0.393 e. The molecule has 0 saturated heterocycles. The van der Waals surface area contributed by atoms with E-state index in [9.17, 15) is 5.11 Å². The zero-order chi connectivity index (χ0) is 12.3. The van der Waals surface area contributed by atoms with Crippen molar-refractivity contribution in [3.8, 4) is 0 Å². The highest BCUT2D eigenvalue weighted by Gasteiger charge is 2.25. The summed E-state index contributed by atoms with van der Waals surface area (Å²) in [5, 5.41) is 13.3. The standard InChI is InChI=1S/C15H23NO/c1-11-5-3-6-13(9-11)12(2)16-10-14-7-4-8-15(14)17/h3,5-6,9,12,14-17H,4,7-8,10H2,1-2H3. The molecule has 2 rings (SSSR count). The molecule has 2 nitrogen and oxygen atoms in total. The first-order chi connectivity index (χ1) is 8.16. The summed E-state index contributed by atoms with van der Waals surface area (Å²) >= 11 is 0. The molecule has 3 unspecified atom stereocenters. The fourth-order valence-electron chi connectivity index (χ4n) is 2.64. The van der Waals surface area contributed by atoms with Crippen LogP contribution < -0.4 is 5.32 Å². The molecule has 0 spiro atoms. The molecule has 0 heterocycles. The van der Waals surface area contributed by atoms with E-state index in [0.29, 0.717) is 12.0 Å². The predicted molar refractivity (Wildman–Crippen MR) is 70.9 cm³/mol. The van der Waals surface area contributed by atoms with Crippen molar-refractivity contribution in [1.29, 1.82) is 0 Å². The molecule has 0 amide bonds. The van der Waals surface area contributed by atoms with Gasteiger partial charge in [0.05, 0.1) is 6.10 Å². The lowest BCUT2D eigenvalue weighted by Crippen LogP contribution is -2.29. The maximum Gasteiger partial charge on any atom is 0.0580 e. The van der Waals surface area contributed by atoms with E-state index in [2.05, 4.69) is 43.4 Å². The molecule has 2 N–H and O–H groups in total. The number of hydrogen-bond acceptors (Lipinski definition) is 2. The van der Waals surface area contributed by atoms with Crippen LogP contribution in [-0.4, -0.2) is 17.8 Å². The first kappa shape index (κ1) is 12.6. The van der Waals surface area contributed by atoms with Gasteiger partial charge in [0.1, 0.15) is 0 Å². The fraction of sp³-hybridized carbons (Fsp3) is 0.600. The summed E-state index contributed by atoms with van der Waals surface area (Å²) < 4.78 is 0. The Morgan fingerprint density at radius 3 is 2.88 bits per heavy atom. The molecule has 2 heteroatoms. The predicted octanol–water partition coefficient (Wildman–Crippen LogP) is 2.81. The highest BCUT2D eigenvalue weighted by Crippen LogP contribution is 2.25. The summed E-state index contributed by atoms with van der Waals surface area (Å²) in [7, 11) is 0. The number of hydrogen-bond donors (Lipinski definition) is 2. The van der Waals surface area contributed by atoms with Crippen LogP contribution >= 0.6 is 0 Å². The molecule has 1 saturated carbocycles. The Bertz CT molecular complexity index is 364. The SMILES string of the molecule is Cc1cccc(C(C)NCC2CCCC2O)c1. The molecule has 17 heavy (non-hydrogen) atoms. The fourth-order valence-corrected chi connectivity index (χ4v) is 2.64. The first-order valence-corrected chi connectivity index (χ1v) is 6.65. The van der Waals surface area contributed by atoms with E-state index in [1.807, 2.05) is 0 Å². The third-order valence-electron chi connectivity index (χ3n) is 3.85. The van der Waals surface area contributed by atoms with Gasteiger partial charge in [-0.2, -0.15) is 0 Å². The van der Waals surface area contributed by atoms with E-state index in [1.165, 1.54) is 17.5 Å². The zero-order valence-electron chi connectivity index (χ0n) is 10.8. The first-order valence-electron chi connectivity index (χ1n) is 6.65. The van der Waals surface area contributed by atoms with Crippen molar-refractivity contribution in [1.82, 2.24) is 5.32 Å². The molecule has 1 fully saturated rings. The molecule has 1 aliphatic rings. The van der Waals surface area contributed by atoms with Crippen LogP contribution in [-0.2, 0) is 0 Å². The maximum absolute atomic E-state index is 9.78. The second-order valence-corrected chi connectivity index (χ2v) is 5.30. The van der Waals surface area contributed by atoms with Gasteiger partial charge in [0.2, 0.25) is 0 Å². The number of benzene rings is 1. The van der Waals surface area contributed by atoms with Crippen LogP contribution in [0.2, 0.25) is 0 Å². The number of aliphatic hydroxyl groups is 1. The van der Waals surface area contributed by atoms with Gasteiger partial charge in [0.25, 0.3) is 0 Å². The Hall–Kier alpha value is -0.860. The number of rotatable bonds is 4. The van der Waals surface area contributed by atoms with Gasteiger partial charge in [0.15, 0.2) is 0 Å². The Kier molecular flexibility index (Phi) is 4.19. The molecule has 0 bridgehead atoms. The van der Waals surface area contributed by atoms with E-state index in [4.69, 9.17) is 0 Å². The highest BCUT2D eigenvalue weighted by atomic mass is 16.3. The van der Waals surface area contributed by atoms with Gasteiger partial charge in [-0.1, -0.05) is 36.2 Å². The van der Waals surface area contributed by atoms with Crippen LogP contribution in [0.1, 0.15) is 43.4 Å². The number of aliphatic hydroxyl groups excluding tert-OH is 1. The van der Waals surface area contributed by atoms with Crippen molar-refractivity contribution >= 4 is 0 Å². The van der Waals surface area contributed by atoms with E-state index in [1.54, 1.807) is 0 Å². The molecular weight excluding hydrogens is 210 g/mol. The third-order valence-corrected chi connectivity index (χ3v) is 3.85. The lowest BCUT2D eigenvalue weighted by Gasteiger charge is -2.20. The summed E-state index contributed by atoms with van der Waals surface area (Å²) in [6.45, 7) is 5.24. The lowest BCUT2D eigenvalue weighted by molar-refractivity contribution is 0.130. The third kappa shape index (κ3) is 3.30. The van der Waals surface area contributed by atoms with E-state index in [-0.39, 0.29) is 6.10 Å². The topological polar surface area (TPSA) is 32.3 Å². The molecule has 1 aliphatic carbocycles. The van der Waals surface area contributed by atoms with Crippen LogP contribution in [0.3, 0.4) is 0 Å². The Morgan fingerprint density at radius 2 is 2.24 bits per heavy atom. The molecule has 0 aromatic heterocycles. The second kappa shape index (κ2) is 5.65. The average Bonchev–Trinajstić information content (AvgIpc) is 2.72. The van der Waals surface area contributed by atoms with Gasteiger partial charge < -0.3 is 10.4 Å². The Labute approximate surface area is 104 Å². The lowest BCUT2D eigenvalue weighted by atomic mass is 10.0. The summed E-state index contributed by atoms with van der Waals surface area (Å²) in [6, 6.07) is 8.98. The van der Waals surface area contributed by atoms with Gasteiger partial charge >= 0.3 is 0 Å². The van der Waals surface area contributed by atoms with Gasteiger partial charge in [0, 0.05) is 12.6 Å². The maximum atomic E-state index is 9.78. The molecule has 3 atom stereocenters. The van der Waals surface area contributed by atoms with Crippen molar-refractivity contribution in [3.63, 3.8) is 0 Å². The van der Waals surface area contributed by atoms with Crippen molar-refractivity contribution < 1.29 is 5.11 Å². The Balaban J connectivity index is 1.86. The van der Waals surface area contributed by atoms with Crippen molar-refractivity contribution in [2.24, 2.45) is 5.92 Å². The van der Waals surface area contributed by atoms with Crippen molar-refractivity contribution in [3.05, 3.63) is 35.4 Å². The van der Waals surface area contributed by atoms with Gasteiger partial charge in [-0.15, -0.1) is 0 Å². The summed E-state index contributed by atoms with van der Waals surface area (Å²) in [5.74, 6) is 0.447. The molecule has 1 aromatic carbocycles. The highest BCUT2D eigenvalue weighted by molar-refractivity contribution is 5.24. The van der Waals surface area contributed by atoms with Crippen molar-refractivity contribution in [2.45, 2.75) is 45.3 Å². The van der Waals surface area contributed by atoms with E-state index >= 15 is 0 Å². The van der Waals surface area contributed by atoms with Crippen LogP contribution in [0.15, 0.2) is 24.3 Å². The normalized spacial score (nSPS) is 26.1. The van der Waals surface area contributed by atoms with Crippen LogP contribution in [0, 0.1) is 12.8 Å². The average molecular weight is 233 g/mol. The molecular formula is C15H23NO. The smallest absolute Gasteiger partial charge is 0.0580 e. The Morgan fingerprint density at radius 1 is 1.41 bits per heavy atom. The van der Waals surface area contributed by atoms with Gasteiger partial charge in [-0.05, 0) is 38.2 Å². The summed E-state index contributed by atoms with van der Waals surface area (Å²) in [6.07, 6.45) is 3.22. The summed E-state index contributed by atoms with van der Waals surface area (Å²) in [4.78, 5) is 0. The van der Waals surface area contributed by atoms with E-state index in [0.717, 1.165) is 19.4 Å². The van der Waals surface area contributed by atoms with Gasteiger partial charge in [-0.25, -0.2) is 0 Å². The minimum Gasteiger partial charge on any atom is -0.393 e. The monoisotopic (exact) mass is 233 g/mol. The van der Waals surface area contributed by atoms with Gasteiger partial charge in [-0.3, -0.25) is 0 Å². The molecule has 0 radical (unpaired) electrons. The number of nitrogens with one attached hydrogen (secondary N) is 1. The molecule has 1 aromatic rings. The van der Waals surface area contributed by atoms with E-state index < -0.39 is 0 Å². The second-order valence-electron chi connectivity index (χ2n) is 5.30. The number of aryl methyl sites for hydroxylation is 1. The minimum atomic E-state index is -0.0905. The quantitative estimate of drug-likeness (QED) is 0.838. The zero-order valence-corrected chi connectivity index (χ0v) is 10.8. The van der Waals surface area contributed by atoms with Crippen LogP contribution in [0.25, 0.3) is 0 Å². The van der Waals surface area contributed by atoms with Crippen LogP contribution in [0.4, 0.5) is 0 Å². The molecule has 0 aliphatic heterocycles.